The summed E-state index contributed by atoms with van der Waals surface area (Å²) in [6.45, 7) is 9.16. The number of thioether (sulfide) groups is 1. The molecule has 0 radical (unpaired) electrons. The Morgan fingerprint density at radius 3 is 2.86 bits per heavy atom. The normalized spacial score (nSPS) is 21.9. The van der Waals surface area contributed by atoms with Crippen LogP contribution < -0.4 is 0 Å². The molecular weight excluding hydrogens is 198 g/mol. The van der Waals surface area contributed by atoms with Gasteiger partial charge in [0.1, 0.15) is 0 Å². The Balaban J connectivity index is 2.34. The lowest BCUT2D eigenvalue weighted by molar-refractivity contribution is -0.144. The van der Waals surface area contributed by atoms with Gasteiger partial charge < -0.3 is 4.74 Å². The third kappa shape index (κ3) is 3.88. The van der Waals surface area contributed by atoms with E-state index in [4.69, 9.17) is 4.74 Å². The molecule has 4 heteroatoms. The van der Waals surface area contributed by atoms with Crippen molar-refractivity contribution in [3.8, 4) is 0 Å². The molecular formula is C10H19NO2S. The predicted octanol–water partition coefficient (Wildman–Crippen LogP) is 1.38. The molecule has 0 aromatic carbocycles. The molecule has 0 atom stereocenters. The van der Waals surface area contributed by atoms with Crippen molar-refractivity contribution in [2.24, 2.45) is 0 Å². The summed E-state index contributed by atoms with van der Waals surface area (Å²) in [7, 11) is 0. The molecule has 1 fully saturated rings. The monoisotopic (exact) mass is 217 g/mol. The van der Waals surface area contributed by atoms with Gasteiger partial charge in [-0.2, -0.15) is 11.8 Å². The van der Waals surface area contributed by atoms with Gasteiger partial charge in [-0.1, -0.05) is 0 Å². The lowest BCUT2D eigenvalue weighted by Gasteiger charge is -2.36. The zero-order valence-corrected chi connectivity index (χ0v) is 10.0. The minimum absolute atomic E-state index is 0.102. The fourth-order valence-electron chi connectivity index (χ4n) is 1.64. The maximum Gasteiger partial charge on any atom is 0.320 e. The van der Waals surface area contributed by atoms with Gasteiger partial charge in [0.15, 0.2) is 0 Å². The highest BCUT2D eigenvalue weighted by Crippen LogP contribution is 2.29. The van der Waals surface area contributed by atoms with Crippen molar-refractivity contribution >= 4 is 17.7 Å². The van der Waals surface area contributed by atoms with Crippen LogP contribution in [0.5, 0.6) is 0 Å². The molecule has 1 saturated heterocycles. The van der Waals surface area contributed by atoms with Gasteiger partial charge in [0.25, 0.3) is 0 Å². The van der Waals surface area contributed by atoms with Crippen LogP contribution >= 0.6 is 11.8 Å². The number of ether oxygens (including phenoxy) is 1. The average molecular weight is 217 g/mol. The van der Waals surface area contributed by atoms with Crippen molar-refractivity contribution in [2.75, 3.05) is 32.0 Å². The molecule has 0 bridgehead atoms. The number of hydrogen-bond donors (Lipinski definition) is 0. The highest BCUT2D eigenvalue weighted by Gasteiger charge is 2.27. The number of esters is 1. The topological polar surface area (TPSA) is 29.5 Å². The molecule has 82 valence electrons. The molecule has 1 rings (SSSR count). The molecule has 0 aromatic rings. The van der Waals surface area contributed by atoms with Crippen molar-refractivity contribution in [2.45, 2.75) is 25.5 Å². The summed E-state index contributed by atoms with van der Waals surface area (Å²) in [5, 5.41) is 0. The third-order valence-electron chi connectivity index (χ3n) is 2.16. The first-order valence-corrected chi connectivity index (χ1v) is 6.04. The van der Waals surface area contributed by atoms with Gasteiger partial charge in [-0.15, -0.1) is 0 Å². The molecule has 1 aliphatic heterocycles. The standard InChI is InChI=1S/C10H19NO2S/c1-4-13-9(12)7-11-5-6-14-10(2,3)8-11/h4-8H2,1-3H3. The smallest absolute Gasteiger partial charge is 0.320 e. The molecule has 0 saturated carbocycles. The molecule has 0 N–H and O–H groups in total. The number of carbonyl (C=O) groups excluding carboxylic acids is 1. The van der Waals surface area contributed by atoms with Crippen LogP contribution in [0.15, 0.2) is 0 Å². The van der Waals surface area contributed by atoms with Gasteiger partial charge in [-0.25, -0.2) is 0 Å². The van der Waals surface area contributed by atoms with Crippen LogP contribution in [0.25, 0.3) is 0 Å². The van der Waals surface area contributed by atoms with E-state index in [1.807, 2.05) is 18.7 Å². The lowest BCUT2D eigenvalue weighted by Crippen LogP contribution is -2.45. The van der Waals surface area contributed by atoms with E-state index in [9.17, 15) is 4.79 Å². The Hall–Kier alpha value is -0.220. The van der Waals surface area contributed by atoms with E-state index in [1.54, 1.807) is 0 Å². The van der Waals surface area contributed by atoms with E-state index < -0.39 is 0 Å². The van der Waals surface area contributed by atoms with Crippen LogP contribution in [0.2, 0.25) is 0 Å². The summed E-state index contributed by atoms with van der Waals surface area (Å²) >= 11 is 1.97. The van der Waals surface area contributed by atoms with E-state index in [1.165, 1.54) is 0 Å². The molecule has 0 spiro atoms. The lowest BCUT2D eigenvalue weighted by atomic mass is 10.2. The molecule has 0 aromatic heterocycles. The first-order chi connectivity index (χ1) is 6.53. The Morgan fingerprint density at radius 2 is 2.29 bits per heavy atom. The predicted molar refractivity (Wildman–Crippen MR) is 59.6 cm³/mol. The molecule has 14 heavy (non-hydrogen) atoms. The van der Waals surface area contributed by atoms with E-state index in [0.29, 0.717) is 13.2 Å². The molecule has 0 amide bonds. The Labute approximate surface area is 90.2 Å². The minimum Gasteiger partial charge on any atom is -0.465 e. The van der Waals surface area contributed by atoms with Crippen molar-refractivity contribution in [3.63, 3.8) is 0 Å². The first kappa shape index (κ1) is 11.9. The fraction of sp³-hybridized carbons (Fsp3) is 0.900. The van der Waals surface area contributed by atoms with Crippen LogP contribution in [0.1, 0.15) is 20.8 Å². The number of carbonyl (C=O) groups is 1. The van der Waals surface area contributed by atoms with Crippen LogP contribution in [-0.2, 0) is 9.53 Å². The molecule has 1 aliphatic rings. The molecule has 0 unspecified atom stereocenters. The van der Waals surface area contributed by atoms with Gasteiger partial charge in [-0.05, 0) is 20.8 Å². The van der Waals surface area contributed by atoms with Crippen LogP contribution in [0.4, 0.5) is 0 Å². The van der Waals surface area contributed by atoms with E-state index in [-0.39, 0.29) is 10.7 Å². The summed E-state index contributed by atoms with van der Waals surface area (Å²) in [4.78, 5) is 13.4. The summed E-state index contributed by atoms with van der Waals surface area (Å²) in [6.07, 6.45) is 0. The van der Waals surface area contributed by atoms with E-state index >= 15 is 0 Å². The Morgan fingerprint density at radius 1 is 1.57 bits per heavy atom. The quantitative estimate of drug-likeness (QED) is 0.668. The van der Waals surface area contributed by atoms with Gasteiger partial charge in [0, 0.05) is 23.6 Å². The second-order valence-electron chi connectivity index (χ2n) is 4.12. The molecule has 0 aliphatic carbocycles. The van der Waals surface area contributed by atoms with Gasteiger partial charge in [0.05, 0.1) is 13.2 Å². The van der Waals surface area contributed by atoms with Crippen LogP contribution in [0, 0.1) is 0 Å². The third-order valence-corrected chi connectivity index (χ3v) is 3.46. The van der Waals surface area contributed by atoms with Gasteiger partial charge in [-0.3, -0.25) is 9.69 Å². The Kier molecular flexibility index (Phi) is 4.26. The fourth-order valence-corrected chi connectivity index (χ4v) is 2.81. The van der Waals surface area contributed by atoms with Gasteiger partial charge >= 0.3 is 5.97 Å². The van der Waals surface area contributed by atoms with Crippen molar-refractivity contribution in [1.29, 1.82) is 0 Å². The maximum absolute atomic E-state index is 11.3. The second kappa shape index (κ2) is 5.03. The summed E-state index contributed by atoms with van der Waals surface area (Å²) < 4.78 is 5.19. The maximum atomic E-state index is 11.3. The zero-order valence-electron chi connectivity index (χ0n) is 9.21. The van der Waals surface area contributed by atoms with Crippen LogP contribution in [0.3, 0.4) is 0 Å². The molecule has 3 nitrogen and oxygen atoms in total. The highest BCUT2D eigenvalue weighted by molar-refractivity contribution is 8.00. The van der Waals surface area contributed by atoms with Crippen LogP contribution in [-0.4, -0.2) is 47.6 Å². The van der Waals surface area contributed by atoms with Crippen molar-refractivity contribution in [3.05, 3.63) is 0 Å². The highest BCUT2D eigenvalue weighted by atomic mass is 32.2. The largest absolute Gasteiger partial charge is 0.465 e. The zero-order chi connectivity index (χ0) is 10.6. The molecule has 1 heterocycles. The summed E-state index contributed by atoms with van der Waals surface area (Å²) in [6, 6.07) is 0. The summed E-state index contributed by atoms with van der Waals surface area (Å²) in [5.74, 6) is 1.00. The Bertz CT molecular complexity index is 206. The van der Waals surface area contributed by atoms with Crippen molar-refractivity contribution in [1.82, 2.24) is 4.90 Å². The van der Waals surface area contributed by atoms with E-state index in [2.05, 4.69) is 18.7 Å². The minimum atomic E-state index is -0.102. The number of hydrogen-bond acceptors (Lipinski definition) is 4. The first-order valence-electron chi connectivity index (χ1n) is 5.05. The summed E-state index contributed by atoms with van der Waals surface area (Å²) in [5.41, 5.74) is 0. The van der Waals surface area contributed by atoms with Gasteiger partial charge in [0.2, 0.25) is 0 Å². The van der Waals surface area contributed by atoms with Crippen molar-refractivity contribution < 1.29 is 9.53 Å². The SMILES string of the molecule is CCOC(=O)CN1CCSC(C)(C)C1. The van der Waals surface area contributed by atoms with E-state index in [0.717, 1.165) is 18.8 Å². The second-order valence-corrected chi connectivity index (χ2v) is 5.93. The average Bonchev–Trinajstić information content (AvgIpc) is 2.02. The number of nitrogens with zero attached hydrogens (tertiary/aromatic N) is 1. The number of rotatable bonds is 3.